The first-order chi connectivity index (χ1) is 6.79. The first kappa shape index (κ1) is 12.5. The molecule has 1 fully saturated rings. The lowest BCUT2D eigenvalue weighted by atomic mass is 10.2. The molecule has 0 aromatic rings. The van der Waals surface area contributed by atoms with Gasteiger partial charge in [-0.05, 0) is 6.42 Å². The molecular formula is C9H17Cl2NO2. The van der Waals surface area contributed by atoms with Gasteiger partial charge in [-0.3, -0.25) is 4.90 Å². The summed E-state index contributed by atoms with van der Waals surface area (Å²) in [7, 11) is 1.66. The van der Waals surface area contributed by atoms with E-state index in [9.17, 15) is 0 Å². The zero-order valence-corrected chi connectivity index (χ0v) is 9.93. The molecule has 0 radical (unpaired) electrons. The van der Waals surface area contributed by atoms with Crippen molar-refractivity contribution in [3.63, 3.8) is 0 Å². The van der Waals surface area contributed by atoms with Gasteiger partial charge in [0.1, 0.15) is 5.50 Å². The van der Waals surface area contributed by atoms with E-state index < -0.39 is 0 Å². The van der Waals surface area contributed by atoms with Gasteiger partial charge in [-0.15, -0.1) is 23.2 Å². The minimum Gasteiger partial charge on any atom is -0.382 e. The van der Waals surface area contributed by atoms with Crippen LogP contribution in [0.15, 0.2) is 0 Å². The fourth-order valence-corrected chi connectivity index (χ4v) is 2.28. The molecule has 1 aliphatic rings. The predicted molar refractivity (Wildman–Crippen MR) is 58.2 cm³/mol. The van der Waals surface area contributed by atoms with Gasteiger partial charge in [-0.25, -0.2) is 0 Å². The normalized spacial score (nSPS) is 26.4. The molecule has 2 unspecified atom stereocenters. The number of alkyl halides is 2. The van der Waals surface area contributed by atoms with Crippen LogP contribution in [-0.2, 0) is 9.47 Å². The number of methoxy groups -OCH3 is 1. The highest BCUT2D eigenvalue weighted by Gasteiger charge is 2.27. The molecule has 5 heteroatoms. The van der Waals surface area contributed by atoms with Crippen molar-refractivity contribution in [1.29, 1.82) is 0 Å². The molecule has 84 valence electrons. The van der Waals surface area contributed by atoms with Crippen LogP contribution in [0.1, 0.15) is 6.42 Å². The molecule has 3 nitrogen and oxygen atoms in total. The van der Waals surface area contributed by atoms with Gasteiger partial charge in [0.15, 0.2) is 0 Å². The van der Waals surface area contributed by atoms with E-state index in [4.69, 9.17) is 32.7 Å². The van der Waals surface area contributed by atoms with Gasteiger partial charge >= 0.3 is 0 Å². The van der Waals surface area contributed by atoms with Crippen LogP contribution in [0, 0.1) is 0 Å². The van der Waals surface area contributed by atoms with Crippen LogP contribution < -0.4 is 0 Å². The Bertz CT molecular complexity index is 158. The molecule has 0 aromatic carbocycles. The van der Waals surface area contributed by atoms with Gasteiger partial charge in [0.25, 0.3) is 0 Å². The zero-order chi connectivity index (χ0) is 10.4. The number of hydrogen-bond acceptors (Lipinski definition) is 3. The summed E-state index contributed by atoms with van der Waals surface area (Å²) in [4.78, 5) is 2.21. The zero-order valence-electron chi connectivity index (χ0n) is 8.42. The van der Waals surface area contributed by atoms with Crippen LogP contribution >= 0.6 is 23.2 Å². The van der Waals surface area contributed by atoms with Crippen LogP contribution in [-0.4, -0.2) is 55.8 Å². The Morgan fingerprint density at radius 1 is 1.64 bits per heavy atom. The van der Waals surface area contributed by atoms with Crippen molar-refractivity contribution < 1.29 is 9.47 Å². The second-order valence-corrected chi connectivity index (χ2v) is 4.22. The smallest absolute Gasteiger partial charge is 0.109 e. The Kier molecular flexibility index (Phi) is 6.13. The standard InChI is InChI=1S/C9H17Cl2NO2/c1-13-7-9(11)12-4-5-14-6-8(12)2-3-10/h8-9H,2-7H2,1H3. The summed E-state index contributed by atoms with van der Waals surface area (Å²) < 4.78 is 10.4. The van der Waals surface area contributed by atoms with Crippen LogP contribution in [0.4, 0.5) is 0 Å². The first-order valence-corrected chi connectivity index (χ1v) is 5.79. The molecule has 0 saturated carbocycles. The molecule has 2 atom stereocenters. The molecule has 1 heterocycles. The van der Waals surface area contributed by atoms with E-state index in [1.54, 1.807) is 7.11 Å². The van der Waals surface area contributed by atoms with Crippen LogP contribution in [0.2, 0.25) is 0 Å². The molecule has 0 N–H and O–H groups in total. The maximum atomic E-state index is 6.19. The van der Waals surface area contributed by atoms with Crippen LogP contribution in [0.25, 0.3) is 0 Å². The van der Waals surface area contributed by atoms with Crippen molar-refractivity contribution in [3.8, 4) is 0 Å². The van der Waals surface area contributed by atoms with Crippen molar-refractivity contribution in [2.24, 2.45) is 0 Å². The van der Waals surface area contributed by atoms with Crippen LogP contribution in [0.5, 0.6) is 0 Å². The third-order valence-corrected chi connectivity index (χ3v) is 2.97. The maximum absolute atomic E-state index is 6.19. The summed E-state index contributed by atoms with van der Waals surface area (Å²) in [5, 5.41) is 0. The Morgan fingerprint density at radius 3 is 3.07 bits per heavy atom. The molecule has 0 aromatic heterocycles. The van der Waals surface area contributed by atoms with E-state index in [0.717, 1.165) is 26.2 Å². The number of rotatable bonds is 5. The quantitative estimate of drug-likeness (QED) is 0.539. The van der Waals surface area contributed by atoms with E-state index in [1.165, 1.54) is 0 Å². The molecule has 0 aliphatic carbocycles. The average molecular weight is 242 g/mol. The highest BCUT2D eigenvalue weighted by molar-refractivity contribution is 6.20. The summed E-state index contributed by atoms with van der Waals surface area (Å²) in [6.07, 6.45) is 0.911. The van der Waals surface area contributed by atoms with Crippen molar-refractivity contribution in [3.05, 3.63) is 0 Å². The number of nitrogens with zero attached hydrogens (tertiary/aromatic N) is 1. The molecular weight excluding hydrogens is 225 g/mol. The molecule has 1 rings (SSSR count). The molecule has 0 bridgehead atoms. The van der Waals surface area contributed by atoms with Crippen molar-refractivity contribution in [2.45, 2.75) is 18.0 Å². The highest BCUT2D eigenvalue weighted by atomic mass is 35.5. The highest BCUT2D eigenvalue weighted by Crippen LogP contribution is 2.17. The molecule has 14 heavy (non-hydrogen) atoms. The number of morpholine rings is 1. The van der Waals surface area contributed by atoms with Gasteiger partial charge in [0.05, 0.1) is 19.8 Å². The summed E-state index contributed by atoms with van der Waals surface area (Å²) in [6, 6.07) is 0.332. The topological polar surface area (TPSA) is 21.7 Å². The van der Waals surface area contributed by atoms with Gasteiger partial charge in [-0.1, -0.05) is 0 Å². The molecule has 1 aliphatic heterocycles. The Morgan fingerprint density at radius 2 is 2.43 bits per heavy atom. The Labute approximate surface area is 95.2 Å². The first-order valence-electron chi connectivity index (χ1n) is 4.82. The van der Waals surface area contributed by atoms with E-state index >= 15 is 0 Å². The molecule has 0 spiro atoms. The summed E-state index contributed by atoms with van der Waals surface area (Å²) >= 11 is 11.9. The van der Waals surface area contributed by atoms with Gasteiger partial charge < -0.3 is 9.47 Å². The minimum atomic E-state index is -0.0721. The van der Waals surface area contributed by atoms with E-state index in [2.05, 4.69) is 4.90 Å². The third kappa shape index (κ3) is 3.55. The average Bonchev–Trinajstić information content (AvgIpc) is 2.19. The second kappa shape index (κ2) is 6.85. The predicted octanol–water partition coefficient (Wildman–Crippen LogP) is 1.53. The SMILES string of the molecule is COCC(Cl)N1CCOCC1CCCl. The van der Waals surface area contributed by atoms with Crippen molar-refractivity contribution >= 4 is 23.2 Å². The van der Waals surface area contributed by atoms with Crippen LogP contribution in [0.3, 0.4) is 0 Å². The maximum Gasteiger partial charge on any atom is 0.109 e. The van der Waals surface area contributed by atoms with E-state index in [-0.39, 0.29) is 5.50 Å². The van der Waals surface area contributed by atoms with Gasteiger partial charge in [-0.2, -0.15) is 0 Å². The lowest BCUT2D eigenvalue weighted by Crippen LogP contribution is -2.50. The summed E-state index contributed by atoms with van der Waals surface area (Å²) in [5.41, 5.74) is -0.0721. The van der Waals surface area contributed by atoms with E-state index in [1.807, 2.05) is 0 Å². The second-order valence-electron chi connectivity index (χ2n) is 3.33. The fraction of sp³-hybridized carbons (Fsp3) is 1.00. The van der Waals surface area contributed by atoms with Crippen molar-refractivity contribution in [2.75, 3.05) is 39.4 Å². The van der Waals surface area contributed by atoms with Gasteiger partial charge in [0, 0.05) is 25.6 Å². The minimum absolute atomic E-state index is 0.0721. The number of ether oxygens (including phenoxy) is 2. The molecule has 0 amide bonds. The third-order valence-electron chi connectivity index (χ3n) is 2.38. The lowest BCUT2D eigenvalue weighted by molar-refractivity contribution is -0.0265. The van der Waals surface area contributed by atoms with E-state index in [0.29, 0.717) is 18.5 Å². The number of halogens is 2. The largest absolute Gasteiger partial charge is 0.382 e. The monoisotopic (exact) mass is 241 g/mol. The van der Waals surface area contributed by atoms with Crippen molar-refractivity contribution in [1.82, 2.24) is 4.90 Å². The fourth-order valence-electron chi connectivity index (χ4n) is 1.64. The molecule has 1 saturated heterocycles. The number of hydrogen-bond donors (Lipinski definition) is 0. The summed E-state index contributed by atoms with van der Waals surface area (Å²) in [5.74, 6) is 0.640. The summed E-state index contributed by atoms with van der Waals surface area (Å²) in [6.45, 7) is 2.87. The Balaban J connectivity index is 2.44. The Hall–Kier alpha value is 0.460. The van der Waals surface area contributed by atoms with Gasteiger partial charge in [0.2, 0.25) is 0 Å². The lowest BCUT2D eigenvalue weighted by Gasteiger charge is -2.38.